The molecular formula is C21H25Br2FN2O3S. The first-order chi connectivity index (χ1) is 14.3. The van der Waals surface area contributed by atoms with E-state index in [9.17, 15) is 12.8 Å². The number of nitrogens with zero attached hydrogens (tertiary/aromatic N) is 1. The summed E-state index contributed by atoms with van der Waals surface area (Å²) in [5.41, 5.74) is 1.74. The lowest BCUT2D eigenvalue weighted by Crippen LogP contribution is -2.20. The largest absolute Gasteiger partial charge is 0.488 e. The van der Waals surface area contributed by atoms with E-state index in [1.54, 1.807) is 12.1 Å². The van der Waals surface area contributed by atoms with Gasteiger partial charge in [-0.3, -0.25) is 4.72 Å². The van der Waals surface area contributed by atoms with Crippen molar-refractivity contribution in [1.29, 1.82) is 0 Å². The fourth-order valence-electron chi connectivity index (χ4n) is 3.63. The molecule has 9 heteroatoms. The van der Waals surface area contributed by atoms with Crippen molar-refractivity contribution in [1.82, 2.24) is 4.90 Å². The quantitative estimate of drug-likeness (QED) is 0.434. The maximum Gasteiger partial charge on any atom is 0.261 e. The van der Waals surface area contributed by atoms with Crippen LogP contribution in [0, 0.1) is 0 Å². The summed E-state index contributed by atoms with van der Waals surface area (Å²) in [5, 5.41) is 0. The Bertz CT molecular complexity index is 948. The van der Waals surface area contributed by atoms with Gasteiger partial charge >= 0.3 is 0 Å². The predicted molar refractivity (Wildman–Crippen MR) is 125 cm³/mol. The maximum atomic E-state index is 12.8. The molecular weight excluding hydrogens is 539 g/mol. The number of nitrogens with one attached hydrogen (secondary N) is 1. The highest BCUT2D eigenvalue weighted by atomic mass is 79.9. The highest BCUT2D eigenvalue weighted by molar-refractivity contribution is 9.11. The SMILES string of the molecule is CCCN1CCC(c2ccc(NS(=O)(=O)c3cc(Br)c(OCCF)c(Br)c3)cc2)C1. The summed E-state index contributed by atoms with van der Waals surface area (Å²) in [5.74, 6) is 0.857. The van der Waals surface area contributed by atoms with Crippen molar-refractivity contribution in [3.8, 4) is 5.75 Å². The Morgan fingerprint density at radius 3 is 2.47 bits per heavy atom. The Hall–Kier alpha value is -1.16. The summed E-state index contributed by atoms with van der Waals surface area (Å²) in [6.07, 6.45) is 2.28. The molecule has 0 radical (unpaired) electrons. The van der Waals surface area contributed by atoms with E-state index in [1.807, 2.05) is 12.1 Å². The first kappa shape index (κ1) is 23.5. The van der Waals surface area contributed by atoms with Gasteiger partial charge in [-0.15, -0.1) is 0 Å². The van der Waals surface area contributed by atoms with Gasteiger partial charge in [0.1, 0.15) is 19.0 Å². The van der Waals surface area contributed by atoms with E-state index in [-0.39, 0.29) is 11.5 Å². The fraction of sp³-hybridized carbons (Fsp3) is 0.429. The second-order valence-corrected chi connectivity index (χ2v) is 10.7. The second kappa shape index (κ2) is 10.4. The van der Waals surface area contributed by atoms with Crippen LogP contribution in [0.5, 0.6) is 5.75 Å². The Labute approximate surface area is 194 Å². The van der Waals surface area contributed by atoms with Crippen LogP contribution in [0.4, 0.5) is 10.1 Å². The molecule has 1 heterocycles. The number of hydrogen-bond donors (Lipinski definition) is 1. The van der Waals surface area contributed by atoms with Crippen LogP contribution < -0.4 is 9.46 Å². The minimum absolute atomic E-state index is 0.0731. The van der Waals surface area contributed by atoms with E-state index in [0.717, 1.165) is 32.5 Å². The number of halogens is 3. The second-order valence-electron chi connectivity index (χ2n) is 7.27. The third-order valence-electron chi connectivity index (χ3n) is 5.05. The van der Waals surface area contributed by atoms with Gasteiger partial charge in [0.25, 0.3) is 10.0 Å². The van der Waals surface area contributed by atoms with Crippen LogP contribution in [0.1, 0.15) is 31.2 Å². The summed E-state index contributed by atoms with van der Waals surface area (Å²) in [4.78, 5) is 2.54. The molecule has 1 fully saturated rings. The monoisotopic (exact) mass is 562 g/mol. The molecule has 0 aliphatic carbocycles. The molecule has 3 rings (SSSR count). The predicted octanol–water partition coefficient (Wildman–Crippen LogP) is 5.56. The molecule has 5 nitrogen and oxygen atoms in total. The zero-order valence-corrected chi connectivity index (χ0v) is 20.7. The smallest absolute Gasteiger partial charge is 0.261 e. The molecule has 0 spiro atoms. The van der Waals surface area contributed by atoms with Crippen molar-refractivity contribution < 1.29 is 17.5 Å². The van der Waals surface area contributed by atoms with E-state index in [4.69, 9.17) is 4.74 Å². The average Bonchev–Trinajstić information content (AvgIpc) is 3.16. The average molecular weight is 564 g/mol. The highest BCUT2D eigenvalue weighted by Gasteiger charge is 2.23. The lowest BCUT2D eigenvalue weighted by molar-refractivity contribution is 0.270. The summed E-state index contributed by atoms with van der Waals surface area (Å²) in [7, 11) is -3.79. The molecule has 0 amide bonds. The van der Waals surface area contributed by atoms with Crippen molar-refractivity contribution in [2.75, 3.05) is 37.6 Å². The number of rotatable bonds is 9. The van der Waals surface area contributed by atoms with E-state index in [0.29, 0.717) is 26.3 Å². The molecule has 1 aliphatic heterocycles. The Kier molecular flexibility index (Phi) is 8.17. The van der Waals surface area contributed by atoms with E-state index >= 15 is 0 Å². The van der Waals surface area contributed by atoms with E-state index in [1.165, 1.54) is 17.7 Å². The van der Waals surface area contributed by atoms with Crippen LogP contribution in [-0.2, 0) is 10.0 Å². The lowest BCUT2D eigenvalue weighted by Gasteiger charge is -2.15. The molecule has 0 aromatic heterocycles. The molecule has 1 saturated heterocycles. The van der Waals surface area contributed by atoms with Crippen LogP contribution in [-0.4, -0.2) is 46.2 Å². The summed E-state index contributed by atoms with van der Waals surface area (Å²) in [6.45, 7) is 4.74. The minimum Gasteiger partial charge on any atom is -0.488 e. The molecule has 1 N–H and O–H groups in total. The van der Waals surface area contributed by atoms with E-state index in [2.05, 4.69) is 48.4 Å². The van der Waals surface area contributed by atoms with Crippen LogP contribution in [0.2, 0.25) is 0 Å². The highest BCUT2D eigenvalue weighted by Crippen LogP contribution is 2.36. The third kappa shape index (κ3) is 5.75. The van der Waals surface area contributed by atoms with Gasteiger partial charge in [0.2, 0.25) is 0 Å². The van der Waals surface area contributed by atoms with Gasteiger partial charge in [0.15, 0.2) is 0 Å². The number of anilines is 1. The van der Waals surface area contributed by atoms with Crippen LogP contribution in [0.3, 0.4) is 0 Å². The maximum absolute atomic E-state index is 12.8. The number of likely N-dealkylation sites (tertiary alicyclic amines) is 1. The van der Waals surface area contributed by atoms with Gasteiger partial charge in [0, 0.05) is 12.2 Å². The summed E-state index contributed by atoms with van der Waals surface area (Å²) < 4.78 is 46.8. The van der Waals surface area contributed by atoms with Crippen molar-refractivity contribution in [2.24, 2.45) is 0 Å². The Balaban J connectivity index is 1.71. The molecule has 2 aromatic carbocycles. The minimum atomic E-state index is -3.79. The lowest BCUT2D eigenvalue weighted by atomic mass is 9.98. The molecule has 1 aliphatic rings. The van der Waals surface area contributed by atoms with Crippen molar-refractivity contribution in [2.45, 2.75) is 30.6 Å². The Morgan fingerprint density at radius 1 is 1.20 bits per heavy atom. The molecule has 1 unspecified atom stereocenters. The standard InChI is InChI=1S/C21H25Br2FN2O3S/c1-2-9-26-10-7-16(14-26)15-3-5-17(6-4-15)25-30(27,28)18-12-19(22)21(20(23)13-18)29-11-8-24/h3-6,12-13,16,25H,2,7-11,14H2,1H3. The molecule has 0 saturated carbocycles. The van der Waals surface area contributed by atoms with Crippen LogP contribution >= 0.6 is 31.9 Å². The van der Waals surface area contributed by atoms with Gasteiger partial charge in [0.05, 0.1) is 13.8 Å². The first-order valence-electron chi connectivity index (χ1n) is 9.87. The van der Waals surface area contributed by atoms with Crippen molar-refractivity contribution in [3.63, 3.8) is 0 Å². The van der Waals surface area contributed by atoms with Crippen LogP contribution in [0.15, 0.2) is 50.2 Å². The van der Waals surface area contributed by atoms with Crippen molar-refractivity contribution >= 4 is 47.6 Å². The molecule has 1 atom stereocenters. The van der Waals surface area contributed by atoms with Gasteiger partial charge in [-0.25, -0.2) is 12.8 Å². The fourth-order valence-corrected chi connectivity index (χ4v) is 6.46. The molecule has 0 bridgehead atoms. The topological polar surface area (TPSA) is 58.6 Å². The third-order valence-corrected chi connectivity index (χ3v) is 7.59. The Morgan fingerprint density at radius 2 is 1.87 bits per heavy atom. The number of benzene rings is 2. The van der Waals surface area contributed by atoms with E-state index < -0.39 is 16.7 Å². The number of alkyl halides is 1. The number of hydrogen-bond acceptors (Lipinski definition) is 4. The van der Waals surface area contributed by atoms with Crippen LogP contribution in [0.25, 0.3) is 0 Å². The number of ether oxygens (including phenoxy) is 1. The summed E-state index contributed by atoms with van der Waals surface area (Å²) >= 11 is 6.59. The number of sulfonamides is 1. The molecule has 164 valence electrons. The zero-order valence-electron chi connectivity index (χ0n) is 16.7. The van der Waals surface area contributed by atoms with Crippen molar-refractivity contribution in [3.05, 3.63) is 50.9 Å². The molecule has 2 aromatic rings. The first-order valence-corrected chi connectivity index (χ1v) is 12.9. The summed E-state index contributed by atoms with van der Waals surface area (Å²) in [6, 6.07) is 10.5. The van der Waals surface area contributed by atoms with Gasteiger partial charge in [-0.1, -0.05) is 19.1 Å². The van der Waals surface area contributed by atoms with Gasteiger partial charge < -0.3 is 9.64 Å². The van der Waals surface area contributed by atoms with Gasteiger partial charge in [-0.2, -0.15) is 0 Å². The normalized spacial score (nSPS) is 17.3. The molecule has 30 heavy (non-hydrogen) atoms. The zero-order chi connectivity index (χ0) is 21.7. The van der Waals surface area contributed by atoms with Gasteiger partial charge in [-0.05, 0) is 93.5 Å².